The number of halogens is 1. The first-order valence-electron chi connectivity index (χ1n) is 5.42. The van der Waals surface area contributed by atoms with Gasteiger partial charge in [-0.1, -0.05) is 15.9 Å². The highest BCUT2D eigenvalue weighted by Gasteiger charge is 2.08. The standard InChI is InChI=1S/C13H9BrN4/c14-10-2-4-11(5-3-10)18-12(6-9-17-18)13-15-7-1-8-16-13/h1-9H. The summed E-state index contributed by atoms with van der Waals surface area (Å²) in [6, 6.07) is 11.6. The van der Waals surface area contributed by atoms with Crippen LogP contribution in [0.3, 0.4) is 0 Å². The molecule has 0 aliphatic rings. The molecule has 88 valence electrons. The summed E-state index contributed by atoms with van der Waals surface area (Å²) in [6.45, 7) is 0. The predicted molar refractivity (Wildman–Crippen MR) is 72.3 cm³/mol. The monoisotopic (exact) mass is 300 g/mol. The van der Waals surface area contributed by atoms with Gasteiger partial charge in [0, 0.05) is 16.9 Å². The van der Waals surface area contributed by atoms with Crippen molar-refractivity contribution < 1.29 is 0 Å². The highest BCUT2D eigenvalue weighted by Crippen LogP contribution is 2.20. The van der Waals surface area contributed by atoms with Crippen molar-refractivity contribution in [3.63, 3.8) is 0 Å². The molecule has 0 saturated heterocycles. The SMILES string of the molecule is Brc1ccc(-n2nccc2-c2ncccn2)cc1. The normalized spacial score (nSPS) is 10.5. The van der Waals surface area contributed by atoms with Gasteiger partial charge >= 0.3 is 0 Å². The summed E-state index contributed by atoms with van der Waals surface area (Å²) in [5.74, 6) is 0.665. The fourth-order valence-corrected chi connectivity index (χ4v) is 1.96. The van der Waals surface area contributed by atoms with Crippen LogP contribution in [0.25, 0.3) is 17.2 Å². The van der Waals surface area contributed by atoms with Crippen molar-refractivity contribution in [3.05, 3.63) is 59.5 Å². The van der Waals surface area contributed by atoms with Crippen molar-refractivity contribution in [2.75, 3.05) is 0 Å². The Labute approximate surface area is 112 Å². The molecule has 0 amide bonds. The molecule has 0 aliphatic heterocycles. The van der Waals surface area contributed by atoms with Crippen molar-refractivity contribution in [2.45, 2.75) is 0 Å². The Kier molecular flexibility index (Phi) is 2.90. The zero-order chi connectivity index (χ0) is 12.4. The molecule has 0 atom stereocenters. The van der Waals surface area contributed by atoms with Crippen LogP contribution in [0.2, 0.25) is 0 Å². The molecule has 0 unspecified atom stereocenters. The van der Waals surface area contributed by atoms with Gasteiger partial charge in [0.1, 0.15) is 5.69 Å². The Balaban J connectivity index is 2.10. The summed E-state index contributed by atoms with van der Waals surface area (Å²) in [4.78, 5) is 8.49. The third kappa shape index (κ3) is 2.04. The van der Waals surface area contributed by atoms with Gasteiger partial charge in [0.15, 0.2) is 5.82 Å². The number of hydrogen-bond donors (Lipinski definition) is 0. The lowest BCUT2D eigenvalue weighted by Gasteiger charge is -2.06. The fraction of sp³-hybridized carbons (Fsp3) is 0. The Hall–Kier alpha value is -2.01. The van der Waals surface area contributed by atoms with Gasteiger partial charge in [-0.3, -0.25) is 0 Å². The molecular weight excluding hydrogens is 292 g/mol. The first-order valence-corrected chi connectivity index (χ1v) is 6.21. The van der Waals surface area contributed by atoms with Crippen molar-refractivity contribution in [1.82, 2.24) is 19.7 Å². The summed E-state index contributed by atoms with van der Waals surface area (Å²) in [6.07, 6.45) is 5.19. The Morgan fingerprint density at radius 3 is 2.33 bits per heavy atom. The molecule has 2 heterocycles. The zero-order valence-electron chi connectivity index (χ0n) is 9.36. The van der Waals surface area contributed by atoms with Crippen molar-refractivity contribution in [2.24, 2.45) is 0 Å². The topological polar surface area (TPSA) is 43.6 Å². The lowest BCUT2D eigenvalue weighted by molar-refractivity contribution is 0.877. The molecule has 5 heteroatoms. The van der Waals surface area contributed by atoms with Crippen LogP contribution in [0.4, 0.5) is 0 Å². The van der Waals surface area contributed by atoms with Crippen molar-refractivity contribution in [1.29, 1.82) is 0 Å². The molecule has 18 heavy (non-hydrogen) atoms. The molecule has 3 rings (SSSR count). The Bertz CT molecular complexity index is 646. The van der Waals surface area contributed by atoms with E-state index in [1.807, 2.05) is 35.0 Å². The van der Waals surface area contributed by atoms with Gasteiger partial charge in [0.25, 0.3) is 0 Å². The van der Waals surface area contributed by atoms with Crippen LogP contribution in [-0.2, 0) is 0 Å². The van der Waals surface area contributed by atoms with Crippen LogP contribution >= 0.6 is 15.9 Å². The van der Waals surface area contributed by atoms with E-state index in [1.54, 1.807) is 24.7 Å². The number of aromatic nitrogens is 4. The molecular formula is C13H9BrN4. The second kappa shape index (κ2) is 4.70. The zero-order valence-corrected chi connectivity index (χ0v) is 10.9. The fourth-order valence-electron chi connectivity index (χ4n) is 1.69. The summed E-state index contributed by atoms with van der Waals surface area (Å²) in [5.41, 5.74) is 1.85. The molecule has 0 N–H and O–H groups in total. The van der Waals surface area contributed by atoms with E-state index in [0.717, 1.165) is 15.9 Å². The first-order chi connectivity index (χ1) is 8.84. The third-order valence-corrected chi connectivity index (χ3v) is 3.04. The van der Waals surface area contributed by atoms with E-state index < -0.39 is 0 Å². The van der Waals surface area contributed by atoms with Gasteiger partial charge in [-0.2, -0.15) is 5.10 Å². The minimum Gasteiger partial charge on any atom is -0.235 e. The average molecular weight is 301 g/mol. The van der Waals surface area contributed by atoms with E-state index in [1.165, 1.54) is 0 Å². The van der Waals surface area contributed by atoms with Crippen LogP contribution < -0.4 is 0 Å². The van der Waals surface area contributed by atoms with Crippen molar-refractivity contribution in [3.8, 4) is 17.2 Å². The molecule has 3 aromatic rings. The molecule has 0 radical (unpaired) electrons. The second-order valence-electron chi connectivity index (χ2n) is 3.68. The van der Waals surface area contributed by atoms with E-state index in [9.17, 15) is 0 Å². The quantitative estimate of drug-likeness (QED) is 0.730. The molecule has 0 spiro atoms. The van der Waals surface area contributed by atoms with Crippen LogP contribution in [0.1, 0.15) is 0 Å². The smallest absolute Gasteiger partial charge is 0.178 e. The van der Waals surface area contributed by atoms with E-state index in [-0.39, 0.29) is 0 Å². The van der Waals surface area contributed by atoms with Gasteiger partial charge in [-0.05, 0) is 36.4 Å². The highest BCUT2D eigenvalue weighted by atomic mass is 79.9. The van der Waals surface area contributed by atoms with Crippen LogP contribution in [0, 0.1) is 0 Å². The molecule has 0 aliphatic carbocycles. The maximum atomic E-state index is 4.31. The summed E-state index contributed by atoms with van der Waals surface area (Å²) >= 11 is 3.42. The lowest BCUT2D eigenvalue weighted by Crippen LogP contribution is -2.00. The summed E-state index contributed by atoms with van der Waals surface area (Å²) < 4.78 is 2.86. The minimum atomic E-state index is 0.665. The third-order valence-electron chi connectivity index (χ3n) is 2.51. The molecule has 1 aromatic carbocycles. The maximum Gasteiger partial charge on any atom is 0.178 e. The van der Waals surface area contributed by atoms with Gasteiger partial charge in [0.05, 0.1) is 11.9 Å². The van der Waals surface area contributed by atoms with Crippen LogP contribution in [0.5, 0.6) is 0 Å². The lowest BCUT2D eigenvalue weighted by atomic mass is 10.3. The van der Waals surface area contributed by atoms with Gasteiger partial charge in [0.2, 0.25) is 0 Å². The second-order valence-corrected chi connectivity index (χ2v) is 4.59. The molecule has 0 fully saturated rings. The predicted octanol–water partition coefficient (Wildman–Crippen LogP) is 3.09. The number of rotatable bonds is 2. The van der Waals surface area contributed by atoms with E-state index >= 15 is 0 Å². The molecule has 0 bridgehead atoms. The van der Waals surface area contributed by atoms with Crippen LogP contribution in [0.15, 0.2) is 59.5 Å². The van der Waals surface area contributed by atoms with Crippen LogP contribution in [-0.4, -0.2) is 19.7 Å². The van der Waals surface area contributed by atoms with Gasteiger partial charge in [-0.25, -0.2) is 14.6 Å². The minimum absolute atomic E-state index is 0.665. The number of hydrogen-bond acceptors (Lipinski definition) is 3. The molecule has 4 nitrogen and oxygen atoms in total. The highest BCUT2D eigenvalue weighted by molar-refractivity contribution is 9.10. The van der Waals surface area contributed by atoms with Gasteiger partial charge in [-0.15, -0.1) is 0 Å². The van der Waals surface area contributed by atoms with Gasteiger partial charge < -0.3 is 0 Å². The van der Waals surface area contributed by atoms with E-state index in [0.29, 0.717) is 5.82 Å². The first kappa shape index (κ1) is 11.1. The Morgan fingerprint density at radius 2 is 1.61 bits per heavy atom. The molecule has 2 aromatic heterocycles. The number of nitrogens with zero attached hydrogens (tertiary/aromatic N) is 4. The average Bonchev–Trinajstić information content (AvgIpc) is 2.90. The van der Waals surface area contributed by atoms with Crippen molar-refractivity contribution >= 4 is 15.9 Å². The maximum absolute atomic E-state index is 4.31. The Morgan fingerprint density at radius 1 is 0.889 bits per heavy atom. The summed E-state index contributed by atoms with van der Waals surface area (Å²) in [5, 5.41) is 4.31. The van der Waals surface area contributed by atoms with E-state index in [4.69, 9.17) is 0 Å². The van der Waals surface area contributed by atoms with E-state index in [2.05, 4.69) is 31.0 Å². The number of benzene rings is 1. The molecule has 0 saturated carbocycles. The summed E-state index contributed by atoms with van der Waals surface area (Å²) in [7, 11) is 0. The largest absolute Gasteiger partial charge is 0.235 e.